The highest BCUT2D eigenvalue weighted by Gasteiger charge is 2.23. The molecule has 2 aromatic carbocycles. The molecule has 3 aromatic rings. The van der Waals surface area contributed by atoms with Crippen LogP contribution in [0.2, 0.25) is 10.0 Å². The number of carbonyl (C=O) groups is 1. The predicted molar refractivity (Wildman–Crippen MR) is 133 cm³/mol. The minimum absolute atomic E-state index is 0.0665. The van der Waals surface area contributed by atoms with Gasteiger partial charge in [0.05, 0.1) is 22.4 Å². The van der Waals surface area contributed by atoms with Crippen LogP contribution in [0.1, 0.15) is 32.9 Å². The van der Waals surface area contributed by atoms with Gasteiger partial charge in [-0.25, -0.2) is 0 Å². The predicted octanol–water partition coefficient (Wildman–Crippen LogP) is 5.58. The second kappa shape index (κ2) is 9.96. The summed E-state index contributed by atoms with van der Waals surface area (Å²) in [6, 6.07) is 13.4. The molecule has 1 fully saturated rings. The maximum atomic E-state index is 13.1. The third-order valence-corrected chi connectivity index (χ3v) is 7.76. The smallest absolute Gasteiger partial charge is 0.253 e. The molecule has 0 atom stereocenters. The molecule has 168 valence electrons. The van der Waals surface area contributed by atoms with E-state index in [0.717, 1.165) is 40.1 Å². The van der Waals surface area contributed by atoms with Crippen LogP contribution in [0, 0.1) is 13.8 Å². The molecule has 5 nitrogen and oxygen atoms in total. The second-order valence-electron chi connectivity index (χ2n) is 8.11. The molecule has 0 bridgehead atoms. The first-order valence-corrected chi connectivity index (χ1v) is 12.1. The quantitative estimate of drug-likeness (QED) is 0.428. The average molecular weight is 536 g/mol. The van der Waals surface area contributed by atoms with Gasteiger partial charge in [-0.2, -0.15) is 5.10 Å². The first-order valence-electron chi connectivity index (χ1n) is 10.6. The summed E-state index contributed by atoms with van der Waals surface area (Å²) in [5, 5.41) is 5.94. The van der Waals surface area contributed by atoms with Crippen molar-refractivity contribution in [3.8, 4) is 0 Å². The van der Waals surface area contributed by atoms with Crippen molar-refractivity contribution in [2.45, 2.75) is 26.9 Å². The molecular formula is C24H25BrCl2N4O. The molecule has 2 heterocycles. The molecule has 1 aliphatic rings. The number of hydrogen-bond acceptors (Lipinski definition) is 3. The van der Waals surface area contributed by atoms with Crippen molar-refractivity contribution >= 4 is 45.0 Å². The summed E-state index contributed by atoms with van der Waals surface area (Å²) in [4.78, 5) is 17.3. The van der Waals surface area contributed by atoms with Crippen LogP contribution in [0.25, 0.3) is 0 Å². The van der Waals surface area contributed by atoms with Gasteiger partial charge in [-0.15, -0.1) is 0 Å². The number of benzene rings is 2. The standard InChI is InChI=1S/C24H25BrCl2N4O/c1-16-23(25)17(2)31(28-16)14-18-5-3-6-19(13-18)24(32)30-11-9-29(10-12-30)15-20-21(26)7-4-8-22(20)27/h3-8,13H,9-12,14-15H2,1-2H3. The van der Waals surface area contributed by atoms with Crippen molar-refractivity contribution in [1.82, 2.24) is 19.6 Å². The summed E-state index contributed by atoms with van der Waals surface area (Å²) >= 11 is 16.2. The van der Waals surface area contributed by atoms with Crippen LogP contribution >= 0.6 is 39.1 Å². The van der Waals surface area contributed by atoms with E-state index in [9.17, 15) is 4.79 Å². The molecular weight excluding hydrogens is 511 g/mol. The van der Waals surface area contributed by atoms with Crippen LogP contribution < -0.4 is 0 Å². The number of hydrogen-bond donors (Lipinski definition) is 0. The van der Waals surface area contributed by atoms with Crippen molar-refractivity contribution in [2.75, 3.05) is 26.2 Å². The molecule has 0 spiro atoms. The lowest BCUT2D eigenvalue weighted by Gasteiger charge is -2.35. The molecule has 1 saturated heterocycles. The van der Waals surface area contributed by atoms with Gasteiger partial charge in [-0.3, -0.25) is 14.4 Å². The van der Waals surface area contributed by atoms with E-state index >= 15 is 0 Å². The Morgan fingerprint density at radius 1 is 1.00 bits per heavy atom. The monoisotopic (exact) mass is 534 g/mol. The van der Waals surface area contributed by atoms with Crippen LogP contribution in [0.5, 0.6) is 0 Å². The number of halogens is 3. The second-order valence-corrected chi connectivity index (χ2v) is 9.72. The zero-order valence-electron chi connectivity index (χ0n) is 18.1. The zero-order valence-corrected chi connectivity index (χ0v) is 21.2. The van der Waals surface area contributed by atoms with Crippen LogP contribution in [-0.2, 0) is 13.1 Å². The lowest BCUT2D eigenvalue weighted by atomic mass is 10.1. The van der Waals surface area contributed by atoms with Gasteiger partial charge >= 0.3 is 0 Å². The van der Waals surface area contributed by atoms with Crippen LogP contribution in [0.4, 0.5) is 0 Å². The summed E-state index contributed by atoms with van der Waals surface area (Å²) < 4.78 is 2.99. The fraction of sp³-hybridized carbons (Fsp3) is 0.333. The molecule has 0 N–H and O–H groups in total. The van der Waals surface area contributed by atoms with E-state index < -0.39 is 0 Å². The van der Waals surface area contributed by atoms with Crippen LogP contribution in [0.3, 0.4) is 0 Å². The minimum Gasteiger partial charge on any atom is -0.336 e. The Hall–Kier alpha value is -1.86. The number of aromatic nitrogens is 2. The maximum Gasteiger partial charge on any atom is 0.253 e. The zero-order chi connectivity index (χ0) is 22.8. The van der Waals surface area contributed by atoms with Crippen molar-refractivity contribution in [2.24, 2.45) is 0 Å². The Bertz CT molecular complexity index is 1120. The molecule has 0 saturated carbocycles. The van der Waals surface area contributed by atoms with Gasteiger partial charge < -0.3 is 4.90 Å². The number of rotatable bonds is 5. The van der Waals surface area contributed by atoms with Gasteiger partial charge in [0.15, 0.2) is 0 Å². The highest BCUT2D eigenvalue weighted by atomic mass is 79.9. The van der Waals surface area contributed by atoms with E-state index in [4.69, 9.17) is 23.2 Å². The molecule has 32 heavy (non-hydrogen) atoms. The SMILES string of the molecule is Cc1nn(Cc2cccc(C(=O)N3CCN(Cc4c(Cl)cccc4Cl)CC3)c2)c(C)c1Br. The van der Waals surface area contributed by atoms with Crippen molar-refractivity contribution < 1.29 is 4.79 Å². The number of aryl methyl sites for hydroxylation is 1. The lowest BCUT2D eigenvalue weighted by molar-refractivity contribution is 0.0628. The van der Waals surface area contributed by atoms with Gasteiger partial charge in [0, 0.05) is 53.9 Å². The molecule has 0 radical (unpaired) electrons. The highest BCUT2D eigenvalue weighted by Crippen LogP contribution is 2.26. The first kappa shape index (κ1) is 23.3. The molecule has 1 aromatic heterocycles. The number of nitrogens with zero attached hydrogens (tertiary/aromatic N) is 4. The van der Waals surface area contributed by atoms with E-state index in [0.29, 0.717) is 41.8 Å². The molecule has 4 rings (SSSR count). The summed E-state index contributed by atoms with van der Waals surface area (Å²) in [7, 11) is 0. The van der Waals surface area contributed by atoms with Gasteiger partial charge in [0.2, 0.25) is 0 Å². The van der Waals surface area contributed by atoms with Crippen molar-refractivity contribution in [1.29, 1.82) is 0 Å². The molecule has 0 unspecified atom stereocenters. The Labute approximate surface area is 207 Å². The summed E-state index contributed by atoms with van der Waals surface area (Å²) in [6.07, 6.45) is 0. The highest BCUT2D eigenvalue weighted by molar-refractivity contribution is 9.10. The Kier molecular flexibility index (Phi) is 7.25. The normalized spacial score (nSPS) is 14.7. The van der Waals surface area contributed by atoms with Gasteiger partial charge in [0.25, 0.3) is 5.91 Å². The Morgan fingerprint density at radius 3 is 2.28 bits per heavy atom. The Morgan fingerprint density at radius 2 is 1.66 bits per heavy atom. The van der Waals surface area contributed by atoms with Gasteiger partial charge in [-0.05, 0) is 59.6 Å². The van der Waals surface area contributed by atoms with E-state index in [1.165, 1.54) is 0 Å². The Balaban J connectivity index is 1.39. The fourth-order valence-electron chi connectivity index (χ4n) is 4.00. The van der Waals surface area contributed by atoms with E-state index in [1.807, 2.05) is 65.9 Å². The molecule has 1 aliphatic heterocycles. The van der Waals surface area contributed by atoms with Crippen LogP contribution in [-0.4, -0.2) is 51.7 Å². The molecule has 1 amide bonds. The summed E-state index contributed by atoms with van der Waals surface area (Å²) in [6.45, 7) is 8.26. The fourth-order valence-corrected chi connectivity index (χ4v) is 4.80. The van der Waals surface area contributed by atoms with E-state index in [2.05, 4.69) is 25.9 Å². The average Bonchev–Trinajstić information content (AvgIpc) is 3.03. The summed E-state index contributed by atoms with van der Waals surface area (Å²) in [5.41, 5.74) is 4.75. The molecule has 0 aliphatic carbocycles. The summed E-state index contributed by atoms with van der Waals surface area (Å²) in [5.74, 6) is 0.0665. The van der Waals surface area contributed by atoms with Gasteiger partial charge in [0.1, 0.15) is 0 Å². The van der Waals surface area contributed by atoms with Crippen molar-refractivity contribution in [3.63, 3.8) is 0 Å². The number of carbonyl (C=O) groups excluding carboxylic acids is 1. The molecule has 8 heteroatoms. The first-order chi connectivity index (χ1) is 15.3. The van der Waals surface area contributed by atoms with E-state index in [1.54, 1.807) is 0 Å². The third-order valence-electron chi connectivity index (χ3n) is 5.90. The van der Waals surface area contributed by atoms with Gasteiger partial charge in [-0.1, -0.05) is 41.4 Å². The largest absolute Gasteiger partial charge is 0.336 e. The van der Waals surface area contributed by atoms with Crippen molar-refractivity contribution in [3.05, 3.63) is 85.1 Å². The van der Waals surface area contributed by atoms with Crippen LogP contribution in [0.15, 0.2) is 46.9 Å². The maximum absolute atomic E-state index is 13.1. The number of amides is 1. The van der Waals surface area contributed by atoms with E-state index in [-0.39, 0.29) is 5.91 Å². The lowest BCUT2D eigenvalue weighted by Crippen LogP contribution is -2.48. The third kappa shape index (κ3) is 5.04. The minimum atomic E-state index is 0.0665. The number of piperazine rings is 1. The topological polar surface area (TPSA) is 41.4 Å².